The number of carbonyl (C=O) groups is 2. The minimum atomic E-state index is -3.78. The van der Waals surface area contributed by atoms with Crippen LogP contribution in [0.3, 0.4) is 0 Å². The Morgan fingerprint density at radius 2 is 1.78 bits per heavy atom. The molecule has 2 amide bonds. The average Bonchev–Trinajstić information content (AvgIpc) is 3.00. The van der Waals surface area contributed by atoms with Gasteiger partial charge in [0.05, 0.1) is 17.2 Å². The van der Waals surface area contributed by atoms with Crippen molar-refractivity contribution in [2.24, 2.45) is 0 Å². The minimum Gasteiger partial charge on any atom is -0.478 e. The lowest BCUT2D eigenvalue weighted by atomic mass is 10.3. The number of nitrogens with one attached hydrogen (secondary N) is 1. The van der Waals surface area contributed by atoms with Crippen LogP contribution in [0.1, 0.15) is 25.3 Å². The predicted octanol–water partition coefficient (Wildman–Crippen LogP) is 1.61. The Morgan fingerprint density at radius 3 is 2.41 bits per heavy atom. The fourth-order valence-electron chi connectivity index (χ4n) is 2.72. The summed E-state index contributed by atoms with van der Waals surface area (Å²) in [6.45, 7) is 2.27. The highest BCUT2D eigenvalue weighted by Crippen LogP contribution is 2.24. The number of amides is 2. The zero-order chi connectivity index (χ0) is 19.4. The lowest BCUT2D eigenvalue weighted by Gasteiger charge is -2.14. The smallest absolute Gasteiger partial charge is 0.240 e. The van der Waals surface area contributed by atoms with Crippen LogP contribution in [0.2, 0.25) is 0 Å². The van der Waals surface area contributed by atoms with Crippen molar-refractivity contribution in [3.05, 3.63) is 48.2 Å². The molecule has 1 saturated heterocycles. The number of hydrogen-bond donors (Lipinski definition) is 1. The third-order valence-electron chi connectivity index (χ3n) is 4.04. The monoisotopic (exact) mass is 389 g/mol. The maximum absolute atomic E-state index is 12.5. The maximum atomic E-state index is 12.5. The Balaban J connectivity index is 1.74. The van der Waals surface area contributed by atoms with Crippen LogP contribution < -0.4 is 14.4 Å². The average molecular weight is 389 g/mol. The molecule has 0 spiro atoms. The normalized spacial score (nSPS) is 14.6. The second kappa shape index (κ2) is 7.85. The van der Waals surface area contributed by atoms with Gasteiger partial charge in [-0.2, -0.15) is 0 Å². The molecule has 0 radical (unpaired) electrons. The van der Waals surface area contributed by atoms with Crippen molar-refractivity contribution in [3.8, 4) is 5.88 Å². The molecular weight excluding hydrogens is 370 g/mol. The number of aromatic nitrogens is 1. The number of sulfonamides is 1. The first kappa shape index (κ1) is 19.0. The van der Waals surface area contributed by atoms with E-state index in [1.165, 1.54) is 24.3 Å². The summed E-state index contributed by atoms with van der Waals surface area (Å²) in [6.07, 6.45) is 1.92. The molecule has 0 unspecified atom stereocenters. The van der Waals surface area contributed by atoms with E-state index in [2.05, 4.69) is 9.71 Å². The largest absolute Gasteiger partial charge is 0.478 e. The van der Waals surface area contributed by atoms with E-state index in [1.807, 2.05) is 6.92 Å². The van der Waals surface area contributed by atoms with E-state index < -0.39 is 10.0 Å². The lowest BCUT2D eigenvalue weighted by Crippen LogP contribution is -2.28. The molecule has 0 atom stereocenters. The molecule has 1 N–H and O–H groups in total. The molecule has 3 rings (SSSR count). The topological polar surface area (TPSA) is 106 Å². The standard InChI is InChI=1S/C18H19N3O5S/c1-2-26-18-13(4-3-11-19-18)12-20-27(24,25)15-7-5-14(6-8-15)21-16(22)9-10-17(21)23/h3-8,11,20H,2,9-10,12H2,1H3. The van der Waals surface area contributed by atoms with E-state index in [9.17, 15) is 18.0 Å². The second-order valence-corrected chi connectivity index (χ2v) is 7.61. The number of carbonyl (C=O) groups excluding carboxylic acids is 2. The molecule has 9 heteroatoms. The summed E-state index contributed by atoms with van der Waals surface area (Å²) in [5.74, 6) is -0.188. The van der Waals surface area contributed by atoms with Crippen molar-refractivity contribution in [2.45, 2.75) is 31.2 Å². The van der Waals surface area contributed by atoms with Gasteiger partial charge in [-0.3, -0.25) is 14.5 Å². The summed E-state index contributed by atoms with van der Waals surface area (Å²) in [5.41, 5.74) is 0.986. The molecule has 8 nitrogen and oxygen atoms in total. The number of anilines is 1. The quantitative estimate of drug-likeness (QED) is 0.721. The predicted molar refractivity (Wildman–Crippen MR) is 97.6 cm³/mol. The molecule has 1 aromatic heterocycles. The van der Waals surface area contributed by atoms with Crippen molar-refractivity contribution >= 4 is 27.5 Å². The fraction of sp³-hybridized carbons (Fsp3) is 0.278. The van der Waals surface area contributed by atoms with E-state index in [0.717, 1.165) is 4.90 Å². The van der Waals surface area contributed by atoms with Crippen LogP contribution in [-0.2, 0) is 26.2 Å². The van der Waals surface area contributed by atoms with Gasteiger partial charge in [-0.25, -0.2) is 18.1 Å². The maximum Gasteiger partial charge on any atom is 0.240 e. The number of imide groups is 1. The zero-order valence-electron chi connectivity index (χ0n) is 14.7. The van der Waals surface area contributed by atoms with Crippen LogP contribution in [0.4, 0.5) is 5.69 Å². The van der Waals surface area contributed by atoms with Gasteiger partial charge in [-0.1, -0.05) is 6.07 Å². The molecule has 1 fully saturated rings. The van der Waals surface area contributed by atoms with Crippen molar-refractivity contribution in [3.63, 3.8) is 0 Å². The van der Waals surface area contributed by atoms with Gasteiger partial charge in [0.15, 0.2) is 0 Å². The number of nitrogens with zero attached hydrogens (tertiary/aromatic N) is 2. The minimum absolute atomic E-state index is 0.0242. The molecule has 1 aromatic carbocycles. The summed E-state index contributed by atoms with van der Waals surface area (Å²) in [4.78, 5) is 28.7. The molecular formula is C18H19N3O5S. The molecule has 0 saturated carbocycles. The Kier molecular flexibility index (Phi) is 5.52. The second-order valence-electron chi connectivity index (χ2n) is 5.84. The van der Waals surface area contributed by atoms with E-state index in [0.29, 0.717) is 23.7 Å². The van der Waals surface area contributed by atoms with Crippen LogP contribution in [0.5, 0.6) is 5.88 Å². The highest BCUT2D eigenvalue weighted by Gasteiger charge is 2.30. The van der Waals surface area contributed by atoms with Crippen LogP contribution in [-0.4, -0.2) is 31.8 Å². The molecule has 1 aliphatic rings. The van der Waals surface area contributed by atoms with Crippen molar-refractivity contribution < 1.29 is 22.7 Å². The van der Waals surface area contributed by atoms with Gasteiger partial charge in [-0.05, 0) is 37.3 Å². The fourth-order valence-corrected chi connectivity index (χ4v) is 3.73. The number of pyridine rings is 1. The highest BCUT2D eigenvalue weighted by molar-refractivity contribution is 7.89. The lowest BCUT2D eigenvalue weighted by molar-refractivity contribution is -0.121. The number of benzene rings is 1. The van der Waals surface area contributed by atoms with Gasteiger partial charge >= 0.3 is 0 Å². The molecule has 142 valence electrons. The van der Waals surface area contributed by atoms with Gasteiger partial charge in [0, 0.05) is 31.1 Å². The summed E-state index contributed by atoms with van der Waals surface area (Å²) < 4.78 is 32.9. The van der Waals surface area contributed by atoms with Gasteiger partial charge in [0.25, 0.3) is 0 Å². The highest BCUT2D eigenvalue weighted by atomic mass is 32.2. The van der Waals surface area contributed by atoms with Crippen molar-refractivity contribution in [2.75, 3.05) is 11.5 Å². The van der Waals surface area contributed by atoms with Crippen LogP contribution in [0.15, 0.2) is 47.5 Å². The molecule has 2 aromatic rings. The van der Waals surface area contributed by atoms with E-state index in [4.69, 9.17) is 4.74 Å². The zero-order valence-corrected chi connectivity index (χ0v) is 15.5. The first-order valence-electron chi connectivity index (χ1n) is 8.44. The Labute approximate surface area is 157 Å². The van der Waals surface area contributed by atoms with Gasteiger partial charge in [0.1, 0.15) is 0 Å². The third kappa shape index (κ3) is 4.15. The van der Waals surface area contributed by atoms with E-state index in [1.54, 1.807) is 18.3 Å². The summed E-state index contributed by atoms with van der Waals surface area (Å²) in [7, 11) is -3.78. The van der Waals surface area contributed by atoms with Crippen LogP contribution >= 0.6 is 0 Å². The number of ether oxygens (including phenoxy) is 1. The van der Waals surface area contributed by atoms with Crippen LogP contribution in [0.25, 0.3) is 0 Å². The van der Waals surface area contributed by atoms with Crippen LogP contribution in [0, 0.1) is 0 Å². The SMILES string of the molecule is CCOc1ncccc1CNS(=O)(=O)c1ccc(N2C(=O)CCC2=O)cc1. The first-order valence-corrected chi connectivity index (χ1v) is 9.93. The Hall–Kier alpha value is -2.78. The van der Waals surface area contributed by atoms with Gasteiger partial charge < -0.3 is 4.74 Å². The molecule has 0 bridgehead atoms. The first-order chi connectivity index (χ1) is 12.9. The molecule has 1 aliphatic heterocycles. The van der Waals surface area contributed by atoms with E-state index in [-0.39, 0.29) is 36.1 Å². The third-order valence-corrected chi connectivity index (χ3v) is 5.46. The van der Waals surface area contributed by atoms with Gasteiger partial charge in [-0.15, -0.1) is 0 Å². The van der Waals surface area contributed by atoms with Crippen molar-refractivity contribution in [1.29, 1.82) is 0 Å². The van der Waals surface area contributed by atoms with Gasteiger partial charge in [0.2, 0.25) is 27.7 Å². The molecule has 0 aliphatic carbocycles. The summed E-state index contributed by atoms with van der Waals surface area (Å²) in [5, 5.41) is 0. The molecule has 27 heavy (non-hydrogen) atoms. The Morgan fingerprint density at radius 1 is 1.11 bits per heavy atom. The van der Waals surface area contributed by atoms with E-state index >= 15 is 0 Å². The number of hydrogen-bond acceptors (Lipinski definition) is 6. The summed E-state index contributed by atoms with van der Waals surface area (Å²) in [6, 6.07) is 9.06. The molecule has 2 heterocycles. The summed E-state index contributed by atoms with van der Waals surface area (Å²) >= 11 is 0. The number of rotatable bonds is 7. The van der Waals surface area contributed by atoms with Crippen molar-refractivity contribution in [1.82, 2.24) is 9.71 Å². The Bertz CT molecular complexity index is 941.